The number of hydrogen-bond acceptors (Lipinski definition) is 3. The first-order valence-electron chi connectivity index (χ1n) is 5.19. The minimum Gasteiger partial charge on any atom is -0.506 e. The third kappa shape index (κ3) is 1.81. The molecule has 18 heavy (non-hydrogen) atoms. The molecule has 0 aliphatic rings. The average molecular weight is 261 g/mol. The largest absolute Gasteiger partial charge is 0.506 e. The highest BCUT2D eigenvalue weighted by Gasteiger charge is 2.18. The minimum absolute atomic E-state index is 0.0732. The molecule has 1 aromatic carbocycles. The van der Waals surface area contributed by atoms with E-state index in [0.717, 1.165) is 0 Å². The van der Waals surface area contributed by atoms with Crippen LogP contribution in [0.3, 0.4) is 0 Å². The quantitative estimate of drug-likeness (QED) is 0.823. The molecule has 1 atom stereocenters. The normalized spacial score (nSPS) is 12.2. The minimum atomic E-state index is -1.57. The molecule has 2 aromatic rings. The van der Waals surface area contributed by atoms with E-state index in [9.17, 15) is 14.1 Å². The van der Waals surface area contributed by atoms with Gasteiger partial charge in [-0.25, -0.2) is 0 Å². The second-order valence-electron chi connectivity index (χ2n) is 3.74. The Kier molecular flexibility index (Phi) is 3.21. The maximum atomic E-state index is 12.1. The van der Waals surface area contributed by atoms with Gasteiger partial charge in [-0.2, -0.15) is 0 Å². The number of nitrogens with zero attached hydrogens (tertiary/aromatic N) is 1. The summed E-state index contributed by atoms with van der Waals surface area (Å²) in [5.74, 6) is 2.15. The predicted octanol–water partition coefficient (Wildman–Crippen LogP) is 1.08. The fourth-order valence-electron chi connectivity index (χ4n) is 1.87. The van der Waals surface area contributed by atoms with Crippen LogP contribution in [-0.2, 0) is 17.3 Å². The second kappa shape index (κ2) is 4.67. The van der Waals surface area contributed by atoms with Crippen molar-refractivity contribution in [3.8, 4) is 18.1 Å². The van der Waals surface area contributed by atoms with Gasteiger partial charge in [0.15, 0.2) is 0 Å². The van der Waals surface area contributed by atoms with Gasteiger partial charge in [0.1, 0.15) is 10.6 Å². The van der Waals surface area contributed by atoms with Gasteiger partial charge in [0.25, 0.3) is 5.56 Å². The summed E-state index contributed by atoms with van der Waals surface area (Å²) in [5, 5.41) is 10.5. The van der Waals surface area contributed by atoms with Crippen molar-refractivity contribution in [3.05, 3.63) is 34.6 Å². The Bertz CT molecular complexity index is 740. The van der Waals surface area contributed by atoms with E-state index in [0.29, 0.717) is 10.9 Å². The molecule has 5 heteroatoms. The van der Waals surface area contributed by atoms with E-state index in [1.54, 1.807) is 24.3 Å². The van der Waals surface area contributed by atoms with Crippen LogP contribution < -0.4 is 5.56 Å². The van der Waals surface area contributed by atoms with Gasteiger partial charge < -0.3 is 5.11 Å². The van der Waals surface area contributed by atoms with Gasteiger partial charge >= 0.3 is 0 Å². The van der Waals surface area contributed by atoms with Crippen LogP contribution in [0.4, 0.5) is 0 Å². The van der Waals surface area contributed by atoms with Crippen molar-refractivity contribution in [1.29, 1.82) is 0 Å². The Morgan fingerprint density at radius 1 is 1.44 bits per heavy atom. The summed E-state index contributed by atoms with van der Waals surface area (Å²) < 4.78 is 12.9. The van der Waals surface area contributed by atoms with Crippen LogP contribution in [0.2, 0.25) is 0 Å². The molecule has 0 saturated carbocycles. The molecule has 0 bridgehead atoms. The molecule has 2 rings (SSSR count). The monoisotopic (exact) mass is 261 g/mol. The van der Waals surface area contributed by atoms with Crippen LogP contribution in [-0.4, -0.2) is 20.1 Å². The fourth-order valence-corrected chi connectivity index (χ4v) is 2.61. The lowest BCUT2D eigenvalue weighted by molar-refractivity contribution is 0.463. The summed E-state index contributed by atoms with van der Waals surface area (Å²) >= 11 is 0. The summed E-state index contributed by atoms with van der Waals surface area (Å²) in [4.78, 5) is 12.0. The molecule has 0 fully saturated rings. The number of aromatic nitrogens is 1. The van der Waals surface area contributed by atoms with Crippen molar-refractivity contribution in [1.82, 2.24) is 4.57 Å². The first-order chi connectivity index (χ1) is 8.57. The van der Waals surface area contributed by atoms with Crippen molar-refractivity contribution in [2.75, 3.05) is 6.26 Å². The van der Waals surface area contributed by atoms with Crippen molar-refractivity contribution < 1.29 is 9.32 Å². The molecule has 4 nitrogen and oxygen atoms in total. The summed E-state index contributed by atoms with van der Waals surface area (Å²) in [6.07, 6.45) is 6.59. The van der Waals surface area contributed by atoms with Gasteiger partial charge in [-0.1, -0.05) is 18.1 Å². The van der Waals surface area contributed by atoms with Gasteiger partial charge in [-0.3, -0.25) is 13.6 Å². The molecule has 0 aliphatic carbocycles. The van der Waals surface area contributed by atoms with Gasteiger partial charge in [0.2, 0.25) is 0 Å². The maximum Gasteiger partial charge on any atom is 0.271 e. The van der Waals surface area contributed by atoms with E-state index in [1.807, 2.05) is 0 Å². The fraction of sp³-hybridized carbons (Fsp3) is 0.154. The summed E-state index contributed by atoms with van der Waals surface area (Å²) in [5.41, 5.74) is 0.0251. The average Bonchev–Trinajstić information content (AvgIpc) is 2.34. The topological polar surface area (TPSA) is 59.3 Å². The van der Waals surface area contributed by atoms with E-state index >= 15 is 0 Å². The molecule has 92 valence electrons. The number of aromatic hydroxyl groups is 1. The molecule has 0 saturated heterocycles. The first kappa shape index (κ1) is 12.4. The SMILES string of the molecule is C#CCn1c(=O)c(S(C)=O)c(O)c2ccccc21. The Labute approximate surface area is 106 Å². The molecule has 0 spiro atoms. The Hall–Kier alpha value is -2.06. The zero-order valence-corrected chi connectivity index (χ0v) is 10.5. The molecule has 1 unspecified atom stereocenters. The third-order valence-electron chi connectivity index (χ3n) is 2.64. The number of benzene rings is 1. The van der Waals surface area contributed by atoms with E-state index in [4.69, 9.17) is 6.42 Å². The van der Waals surface area contributed by atoms with Crippen molar-refractivity contribution in [2.24, 2.45) is 0 Å². The zero-order valence-electron chi connectivity index (χ0n) is 9.71. The number of para-hydroxylation sites is 1. The lowest BCUT2D eigenvalue weighted by Gasteiger charge is -2.11. The molecule has 0 radical (unpaired) electrons. The number of hydrogen-bond donors (Lipinski definition) is 1. The number of terminal acetylenes is 1. The molecule has 1 aromatic heterocycles. The molecular weight excluding hydrogens is 250 g/mol. The number of fused-ring (bicyclic) bond motifs is 1. The Morgan fingerprint density at radius 3 is 2.72 bits per heavy atom. The molecule has 0 aliphatic heterocycles. The predicted molar refractivity (Wildman–Crippen MR) is 71.0 cm³/mol. The third-order valence-corrected chi connectivity index (χ3v) is 3.58. The highest BCUT2D eigenvalue weighted by Crippen LogP contribution is 2.27. The van der Waals surface area contributed by atoms with E-state index in [1.165, 1.54) is 10.8 Å². The molecule has 0 amide bonds. The lowest BCUT2D eigenvalue weighted by Crippen LogP contribution is -2.24. The van der Waals surface area contributed by atoms with Crippen molar-refractivity contribution >= 4 is 21.7 Å². The summed E-state index contributed by atoms with van der Waals surface area (Å²) in [6.45, 7) is 0.0732. The smallest absolute Gasteiger partial charge is 0.271 e. The van der Waals surface area contributed by atoms with Crippen LogP contribution in [0.15, 0.2) is 34.0 Å². The van der Waals surface area contributed by atoms with E-state index < -0.39 is 16.4 Å². The number of rotatable bonds is 2. The van der Waals surface area contributed by atoms with E-state index in [-0.39, 0.29) is 17.2 Å². The first-order valence-corrected chi connectivity index (χ1v) is 6.75. The zero-order chi connectivity index (χ0) is 13.3. The standard InChI is InChI=1S/C13H11NO3S/c1-3-8-14-10-7-5-4-6-9(10)11(15)12(13(14)16)18(2)17/h1,4-7,15H,8H2,2H3. The summed E-state index contributed by atoms with van der Waals surface area (Å²) in [6, 6.07) is 6.83. The Balaban J connectivity index is 3.02. The molecule has 1 N–H and O–H groups in total. The van der Waals surface area contributed by atoms with Gasteiger partial charge in [0.05, 0.1) is 22.9 Å². The molecular formula is C13H11NO3S. The van der Waals surface area contributed by atoms with Crippen LogP contribution in [0.5, 0.6) is 5.75 Å². The Morgan fingerprint density at radius 2 is 2.11 bits per heavy atom. The van der Waals surface area contributed by atoms with Gasteiger partial charge in [0, 0.05) is 11.6 Å². The maximum absolute atomic E-state index is 12.1. The van der Waals surface area contributed by atoms with Crippen molar-refractivity contribution in [3.63, 3.8) is 0 Å². The second-order valence-corrected chi connectivity index (χ2v) is 5.06. The van der Waals surface area contributed by atoms with Crippen LogP contribution in [0, 0.1) is 12.3 Å². The lowest BCUT2D eigenvalue weighted by atomic mass is 10.2. The van der Waals surface area contributed by atoms with Crippen LogP contribution in [0.25, 0.3) is 10.9 Å². The number of pyridine rings is 1. The van der Waals surface area contributed by atoms with Gasteiger partial charge in [-0.05, 0) is 12.1 Å². The highest BCUT2D eigenvalue weighted by molar-refractivity contribution is 7.84. The van der Waals surface area contributed by atoms with Crippen molar-refractivity contribution in [2.45, 2.75) is 11.4 Å². The van der Waals surface area contributed by atoms with E-state index in [2.05, 4.69) is 5.92 Å². The van der Waals surface area contributed by atoms with Gasteiger partial charge in [-0.15, -0.1) is 6.42 Å². The summed E-state index contributed by atoms with van der Waals surface area (Å²) in [7, 11) is -1.57. The van der Waals surface area contributed by atoms with Crippen LogP contribution in [0.1, 0.15) is 0 Å². The molecule has 1 heterocycles. The van der Waals surface area contributed by atoms with Crippen LogP contribution >= 0.6 is 0 Å². The highest BCUT2D eigenvalue weighted by atomic mass is 32.2.